The second-order valence-corrected chi connectivity index (χ2v) is 4.15. The van der Waals surface area contributed by atoms with Crippen molar-refractivity contribution in [1.82, 2.24) is 0 Å². The number of benzene rings is 1. The summed E-state index contributed by atoms with van der Waals surface area (Å²) in [7, 11) is 1.64. The third-order valence-corrected chi connectivity index (χ3v) is 2.69. The summed E-state index contributed by atoms with van der Waals surface area (Å²) in [5, 5.41) is -0.645. The van der Waals surface area contributed by atoms with Gasteiger partial charge >= 0.3 is 5.97 Å². The topological polar surface area (TPSA) is 35.5 Å². The predicted molar refractivity (Wildman–Crippen MR) is 67.1 cm³/mol. The van der Waals surface area contributed by atoms with E-state index in [0.29, 0.717) is 19.6 Å². The maximum Gasteiger partial charge on any atom is 0.324 e. The van der Waals surface area contributed by atoms with Gasteiger partial charge < -0.3 is 9.47 Å². The van der Waals surface area contributed by atoms with Crippen molar-refractivity contribution in [3.63, 3.8) is 0 Å². The van der Waals surface area contributed by atoms with Crippen molar-refractivity contribution in [3.8, 4) is 0 Å². The third-order valence-electron chi connectivity index (χ3n) is 2.36. The predicted octanol–water partition coefficient (Wildman–Crippen LogP) is 2.55. The minimum absolute atomic E-state index is 0.349. The first-order valence-corrected chi connectivity index (χ1v) is 5.99. The smallest absolute Gasteiger partial charge is 0.324 e. The molecular weight excluding hydrogens is 240 g/mol. The Labute approximate surface area is 107 Å². The van der Waals surface area contributed by atoms with Gasteiger partial charge in [-0.2, -0.15) is 0 Å². The second-order valence-electron chi connectivity index (χ2n) is 3.63. The molecule has 0 spiro atoms. The number of alkyl halides is 1. The van der Waals surface area contributed by atoms with Gasteiger partial charge in [0.1, 0.15) is 5.38 Å². The van der Waals surface area contributed by atoms with E-state index in [1.807, 2.05) is 24.3 Å². The van der Waals surface area contributed by atoms with E-state index in [0.717, 1.165) is 11.1 Å². The Morgan fingerprint density at radius 1 is 1.35 bits per heavy atom. The summed E-state index contributed by atoms with van der Waals surface area (Å²) in [6, 6.07) is 7.77. The van der Waals surface area contributed by atoms with E-state index >= 15 is 0 Å². The van der Waals surface area contributed by atoms with Crippen LogP contribution in [-0.4, -0.2) is 25.1 Å². The number of rotatable bonds is 6. The molecule has 0 saturated carbocycles. The summed E-state index contributed by atoms with van der Waals surface area (Å²) in [4.78, 5) is 11.4. The number of methoxy groups -OCH3 is 1. The van der Waals surface area contributed by atoms with Crippen molar-refractivity contribution in [1.29, 1.82) is 0 Å². The molecule has 1 atom stereocenters. The van der Waals surface area contributed by atoms with Gasteiger partial charge in [-0.3, -0.25) is 4.79 Å². The molecule has 0 aliphatic rings. The zero-order chi connectivity index (χ0) is 12.7. The van der Waals surface area contributed by atoms with Crippen LogP contribution in [0.1, 0.15) is 18.1 Å². The van der Waals surface area contributed by atoms with E-state index in [9.17, 15) is 4.79 Å². The maximum absolute atomic E-state index is 11.4. The highest BCUT2D eigenvalue weighted by atomic mass is 35.5. The van der Waals surface area contributed by atoms with E-state index in [4.69, 9.17) is 21.1 Å². The molecule has 0 fully saturated rings. The number of carbonyl (C=O) groups is 1. The highest BCUT2D eigenvalue weighted by molar-refractivity contribution is 6.30. The Balaban J connectivity index is 2.70. The van der Waals surface area contributed by atoms with E-state index in [-0.39, 0.29) is 5.97 Å². The lowest BCUT2D eigenvalue weighted by molar-refractivity contribution is -0.142. The van der Waals surface area contributed by atoms with Gasteiger partial charge in [-0.25, -0.2) is 0 Å². The second kappa shape index (κ2) is 7.30. The first kappa shape index (κ1) is 14.0. The largest absolute Gasteiger partial charge is 0.465 e. The number of ether oxygens (including phenoxy) is 2. The van der Waals surface area contributed by atoms with Crippen molar-refractivity contribution < 1.29 is 14.3 Å². The van der Waals surface area contributed by atoms with Crippen LogP contribution < -0.4 is 0 Å². The molecule has 0 aromatic heterocycles. The van der Waals surface area contributed by atoms with Gasteiger partial charge in [-0.15, -0.1) is 11.6 Å². The minimum Gasteiger partial charge on any atom is -0.465 e. The van der Waals surface area contributed by atoms with Crippen molar-refractivity contribution in [2.75, 3.05) is 13.7 Å². The number of esters is 1. The van der Waals surface area contributed by atoms with Crippen molar-refractivity contribution in [2.45, 2.75) is 25.3 Å². The van der Waals surface area contributed by atoms with Crippen LogP contribution in [0.5, 0.6) is 0 Å². The van der Waals surface area contributed by atoms with Gasteiger partial charge in [0.25, 0.3) is 0 Å². The standard InChI is InChI=1S/C13H17ClO3/c1-3-17-13(15)12(14)8-10-6-4-5-7-11(10)9-16-2/h4-7,12H,3,8-9H2,1-2H3. The molecule has 17 heavy (non-hydrogen) atoms. The summed E-state index contributed by atoms with van der Waals surface area (Å²) in [5.41, 5.74) is 2.06. The molecule has 0 saturated heterocycles. The first-order chi connectivity index (χ1) is 8.19. The summed E-state index contributed by atoms with van der Waals surface area (Å²) < 4.78 is 9.97. The molecule has 0 heterocycles. The molecule has 0 aliphatic heterocycles. The molecule has 1 rings (SSSR count). The van der Waals surface area contributed by atoms with Crippen LogP contribution in [0.2, 0.25) is 0 Å². The fourth-order valence-corrected chi connectivity index (χ4v) is 1.79. The molecular formula is C13H17ClO3. The lowest BCUT2D eigenvalue weighted by Gasteiger charge is -2.12. The van der Waals surface area contributed by atoms with Crippen LogP contribution in [0.15, 0.2) is 24.3 Å². The van der Waals surface area contributed by atoms with Crippen molar-refractivity contribution >= 4 is 17.6 Å². The van der Waals surface area contributed by atoms with Gasteiger partial charge in [0.15, 0.2) is 0 Å². The lowest BCUT2D eigenvalue weighted by atomic mass is 10.0. The van der Waals surface area contributed by atoms with Crippen LogP contribution in [-0.2, 0) is 27.3 Å². The van der Waals surface area contributed by atoms with Gasteiger partial charge in [0.05, 0.1) is 13.2 Å². The maximum atomic E-state index is 11.4. The normalized spacial score (nSPS) is 12.2. The van der Waals surface area contributed by atoms with E-state index in [1.54, 1.807) is 14.0 Å². The Hall–Kier alpha value is -1.06. The SMILES string of the molecule is CCOC(=O)C(Cl)Cc1ccccc1COC. The number of halogens is 1. The molecule has 1 aromatic rings. The lowest BCUT2D eigenvalue weighted by Crippen LogP contribution is -2.20. The summed E-state index contributed by atoms with van der Waals surface area (Å²) >= 11 is 6.00. The van der Waals surface area contributed by atoms with Crippen LogP contribution >= 0.6 is 11.6 Å². The van der Waals surface area contributed by atoms with Gasteiger partial charge in [0.2, 0.25) is 0 Å². The fourth-order valence-electron chi connectivity index (χ4n) is 1.56. The zero-order valence-corrected chi connectivity index (χ0v) is 10.9. The van der Waals surface area contributed by atoms with Crippen LogP contribution in [0, 0.1) is 0 Å². The van der Waals surface area contributed by atoms with Crippen LogP contribution in [0.25, 0.3) is 0 Å². The highest BCUT2D eigenvalue weighted by Crippen LogP contribution is 2.15. The molecule has 0 radical (unpaired) electrons. The average molecular weight is 257 g/mol. The first-order valence-electron chi connectivity index (χ1n) is 5.55. The van der Waals surface area contributed by atoms with Gasteiger partial charge in [-0.1, -0.05) is 24.3 Å². The summed E-state index contributed by atoms with van der Waals surface area (Å²) in [6.07, 6.45) is 0.458. The Kier molecular flexibility index (Phi) is 6.01. The molecule has 0 N–H and O–H groups in total. The third kappa shape index (κ3) is 4.36. The molecule has 0 bridgehead atoms. The quantitative estimate of drug-likeness (QED) is 0.580. The van der Waals surface area contributed by atoms with E-state index in [1.165, 1.54) is 0 Å². The zero-order valence-electron chi connectivity index (χ0n) is 10.1. The average Bonchev–Trinajstić information content (AvgIpc) is 2.32. The molecule has 0 aliphatic carbocycles. The summed E-state index contributed by atoms with van der Waals surface area (Å²) in [5.74, 6) is -0.374. The molecule has 94 valence electrons. The molecule has 3 nitrogen and oxygen atoms in total. The minimum atomic E-state index is -0.645. The summed E-state index contributed by atoms with van der Waals surface area (Å²) in [6.45, 7) is 2.63. The van der Waals surface area contributed by atoms with Crippen molar-refractivity contribution in [2.24, 2.45) is 0 Å². The van der Waals surface area contributed by atoms with Crippen LogP contribution in [0.3, 0.4) is 0 Å². The van der Waals surface area contributed by atoms with Crippen molar-refractivity contribution in [3.05, 3.63) is 35.4 Å². The van der Waals surface area contributed by atoms with E-state index < -0.39 is 5.38 Å². The Bertz CT molecular complexity index is 365. The molecule has 4 heteroatoms. The number of carbonyl (C=O) groups excluding carboxylic acids is 1. The molecule has 1 unspecified atom stereocenters. The number of hydrogen-bond donors (Lipinski definition) is 0. The van der Waals surface area contributed by atoms with Gasteiger partial charge in [-0.05, 0) is 24.5 Å². The highest BCUT2D eigenvalue weighted by Gasteiger charge is 2.18. The van der Waals surface area contributed by atoms with Crippen LogP contribution in [0.4, 0.5) is 0 Å². The molecule has 0 amide bonds. The van der Waals surface area contributed by atoms with Gasteiger partial charge in [0, 0.05) is 7.11 Å². The number of hydrogen-bond acceptors (Lipinski definition) is 3. The van der Waals surface area contributed by atoms with E-state index in [2.05, 4.69) is 0 Å². The fraction of sp³-hybridized carbons (Fsp3) is 0.462. The Morgan fingerprint density at radius 2 is 2.00 bits per heavy atom. The molecule has 1 aromatic carbocycles. The Morgan fingerprint density at radius 3 is 2.59 bits per heavy atom. The monoisotopic (exact) mass is 256 g/mol.